The summed E-state index contributed by atoms with van der Waals surface area (Å²) in [5.41, 5.74) is 12.0. The molecule has 4 aromatic rings. The number of anilines is 2. The number of thioether (sulfide) groups is 2. The van der Waals surface area contributed by atoms with Gasteiger partial charge in [-0.2, -0.15) is 8.83 Å². The molecule has 0 bridgehead atoms. The van der Waals surface area contributed by atoms with Crippen LogP contribution in [0.15, 0.2) is 72.8 Å². The second kappa shape index (κ2) is 22.2. The molecule has 4 heterocycles. The molecule has 4 aliphatic heterocycles. The average Bonchev–Trinajstić information content (AvgIpc) is 3.69. The van der Waals surface area contributed by atoms with E-state index in [1.54, 1.807) is 47.4 Å². The summed E-state index contributed by atoms with van der Waals surface area (Å²) >= 11 is 7.15. The van der Waals surface area contributed by atoms with Crippen LogP contribution in [0.5, 0.6) is 0 Å². The molecule has 12 nitrogen and oxygen atoms in total. The minimum atomic E-state index is -0.587. The molecule has 2 aliphatic carbocycles. The van der Waals surface area contributed by atoms with E-state index < -0.39 is 22.9 Å². The standard InChI is InChI=1S/C58H74N8O4S4/c1-9-31-71-65(59-7)47-29-27-45(67)63-49(73-47)33-57(3,4)53(63)55(69)61-43-25-21-37-13-11-15-39-35(19-23-41(43)51(37)39)17-18-36-20-24-42-44(26-22-38-14-12-16-40(36)52(38)42)62-56(70)54-58(5,6)34-50-64(54)46(68)28-30-48(74-50)66(60-8)72-32-10-2/h11-16,19-26,35-36,47-50,53-54,59-60H,9-10,17-18,27-34H2,1-8H3,(H,61,69)(H,62,70)/t35-,36-,47-,48-,49-,50-,53+,54+/m0/s1. The second-order valence-corrected chi connectivity index (χ2v) is 27.0. The van der Waals surface area contributed by atoms with Crippen molar-refractivity contribution in [1.82, 2.24) is 29.5 Å². The molecule has 74 heavy (non-hydrogen) atoms. The molecule has 0 radical (unpaired) electrons. The van der Waals surface area contributed by atoms with Crippen molar-refractivity contribution < 1.29 is 19.2 Å². The van der Waals surface area contributed by atoms with Gasteiger partial charge in [0.1, 0.15) is 12.1 Å². The van der Waals surface area contributed by atoms with Crippen LogP contribution in [0.3, 0.4) is 0 Å². The third-order valence-corrected chi connectivity index (χ3v) is 21.9. The van der Waals surface area contributed by atoms with Gasteiger partial charge >= 0.3 is 0 Å². The number of nitrogens with zero attached hydrogens (tertiary/aromatic N) is 4. The van der Waals surface area contributed by atoms with Gasteiger partial charge in [0.15, 0.2) is 0 Å². The van der Waals surface area contributed by atoms with Crippen molar-refractivity contribution in [2.45, 2.75) is 151 Å². The maximum atomic E-state index is 14.7. The molecule has 0 saturated carbocycles. The van der Waals surface area contributed by atoms with Crippen molar-refractivity contribution >= 4 is 116 Å². The number of carbonyl (C=O) groups excluding carboxylic acids is 4. The Morgan fingerprint density at radius 1 is 0.635 bits per heavy atom. The first-order valence-electron chi connectivity index (χ1n) is 26.9. The first-order chi connectivity index (χ1) is 35.7. The highest BCUT2D eigenvalue weighted by molar-refractivity contribution is 8.02. The van der Waals surface area contributed by atoms with Crippen molar-refractivity contribution in [2.75, 3.05) is 36.2 Å². The van der Waals surface area contributed by atoms with Gasteiger partial charge in [0, 0.05) is 58.7 Å². The highest BCUT2D eigenvalue weighted by Gasteiger charge is 2.56. The fourth-order valence-electron chi connectivity index (χ4n) is 12.7. The predicted molar refractivity (Wildman–Crippen MR) is 312 cm³/mol. The molecular weight excluding hydrogens is 1000 g/mol. The summed E-state index contributed by atoms with van der Waals surface area (Å²) in [7, 11) is 3.89. The summed E-state index contributed by atoms with van der Waals surface area (Å²) in [5.74, 6) is 2.18. The van der Waals surface area contributed by atoms with Crippen LogP contribution in [0.2, 0.25) is 0 Å². The number of hydrogen-bond donors (Lipinski definition) is 4. The van der Waals surface area contributed by atoms with Crippen molar-refractivity contribution in [2.24, 2.45) is 10.8 Å². The molecule has 16 heteroatoms. The summed E-state index contributed by atoms with van der Waals surface area (Å²) in [6.07, 6.45) is 16.7. The zero-order valence-corrected chi connectivity index (χ0v) is 47.5. The van der Waals surface area contributed by atoms with Gasteiger partial charge in [-0.25, -0.2) is 10.9 Å². The van der Waals surface area contributed by atoms with Gasteiger partial charge in [-0.1, -0.05) is 138 Å². The monoisotopic (exact) mass is 1070 g/mol. The molecule has 0 aromatic heterocycles. The van der Waals surface area contributed by atoms with E-state index in [2.05, 4.69) is 145 Å². The lowest BCUT2D eigenvalue weighted by atomic mass is 9.78. The molecule has 10 rings (SSSR count). The van der Waals surface area contributed by atoms with E-state index in [1.165, 1.54) is 11.1 Å². The summed E-state index contributed by atoms with van der Waals surface area (Å²) < 4.78 is 4.39. The number of hydrogen-bond acceptors (Lipinski definition) is 12. The number of allylic oxidation sites excluding steroid dienone is 2. The number of rotatable bonds is 17. The van der Waals surface area contributed by atoms with Crippen LogP contribution in [0, 0.1) is 10.8 Å². The molecule has 8 atom stereocenters. The Labute approximate surface area is 455 Å². The third kappa shape index (κ3) is 10.2. The maximum absolute atomic E-state index is 14.7. The van der Waals surface area contributed by atoms with Crippen LogP contribution in [0.1, 0.15) is 140 Å². The fourth-order valence-corrected chi connectivity index (χ4v) is 18.4. The van der Waals surface area contributed by atoms with Crippen LogP contribution in [0.4, 0.5) is 11.4 Å². The van der Waals surface area contributed by atoms with Gasteiger partial charge in [-0.05, 0) is 121 Å². The Morgan fingerprint density at radius 3 is 1.45 bits per heavy atom. The van der Waals surface area contributed by atoms with Gasteiger partial charge in [-0.15, -0.1) is 23.5 Å². The lowest BCUT2D eigenvalue weighted by Gasteiger charge is -2.33. The van der Waals surface area contributed by atoms with E-state index in [0.29, 0.717) is 12.8 Å². The zero-order valence-electron chi connectivity index (χ0n) is 44.2. The number of carbonyl (C=O) groups is 4. The third-order valence-electron chi connectivity index (χ3n) is 16.1. The summed E-state index contributed by atoms with van der Waals surface area (Å²) in [6.45, 7) is 12.9. The van der Waals surface area contributed by atoms with Crippen LogP contribution < -0.4 is 21.5 Å². The van der Waals surface area contributed by atoms with E-state index in [4.69, 9.17) is 0 Å². The Kier molecular flexibility index (Phi) is 16.0. The second-order valence-electron chi connectivity index (χ2n) is 22.2. The summed E-state index contributed by atoms with van der Waals surface area (Å²) in [4.78, 5) is 61.1. The van der Waals surface area contributed by atoms with E-state index in [0.717, 1.165) is 107 Å². The normalized spacial score (nSPS) is 26.7. The molecule has 4 fully saturated rings. The molecule has 4 saturated heterocycles. The Balaban J connectivity index is 0.845. The molecular formula is C58H74N8O4S4. The van der Waals surface area contributed by atoms with Crippen molar-refractivity contribution in [3.8, 4) is 0 Å². The summed E-state index contributed by atoms with van der Waals surface area (Å²) in [5, 5.41) is 11.4. The highest BCUT2D eigenvalue weighted by Crippen LogP contribution is 2.52. The van der Waals surface area contributed by atoms with Gasteiger partial charge in [0.25, 0.3) is 0 Å². The molecule has 0 spiro atoms. The zero-order chi connectivity index (χ0) is 52.1. The molecule has 4 amide bonds. The number of hydrazine groups is 2. The number of fused-ring (bicyclic) bond motifs is 2. The SMILES string of the molecule is CCCSN(NC)[C@@H]1CCC(=O)N2[C@H](CC(C)(C)[C@H]2C(=O)Nc2ccc3cccc4c3c2C=C[C@@H]4CC[C@H]2C=Cc3c(NC(=O)[C@H]4N5C(=O)CC[C@@H](N(NC)SCCC)S[C@H]5CC4(C)C)ccc4cccc2c34)S1. The van der Waals surface area contributed by atoms with E-state index in [9.17, 15) is 19.2 Å². The van der Waals surface area contributed by atoms with Crippen LogP contribution in [-0.2, 0) is 19.2 Å². The Bertz CT molecular complexity index is 2680. The highest BCUT2D eigenvalue weighted by atomic mass is 32.2. The van der Waals surface area contributed by atoms with E-state index in [-0.39, 0.29) is 57.0 Å². The topological polar surface area (TPSA) is 129 Å². The Hall–Kier alpha value is -4.00. The fraction of sp³-hybridized carbons (Fsp3) is 0.517. The van der Waals surface area contributed by atoms with Gasteiger partial charge in [-0.3, -0.25) is 19.2 Å². The minimum absolute atomic E-state index is 0.0527. The molecule has 4 aromatic carbocycles. The van der Waals surface area contributed by atoms with Crippen LogP contribution in [0.25, 0.3) is 33.7 Å². The van der Waals surface area contributed by atoms with Crippen LogP contribution >= 0.6 is 47.4 Å². The lowest BCUT2D eigenvalue weighted by molar-refractivity contribution is -0.139. The quantitative estimate of drug-likeness (QED) is 0.0593. The van der Waals surface area contributed by atoms with Gasteiger partial charge in [0.05, 0.1) is 21.5 Å². The maximum Gasteiger partial charge on any atom is 0.247 e. The number of nitrogens with one attached hydrogen (secondary N) is 4. The van der Waals surface area contributed by atoms with Crippen molar-refractivity contribution in [3.05, 3.63) is 95.1 Å². The average molecular weight is 1080 g/mol. The molecule has 0 unspecified atom stereocenters. The van der Waals surface area contributed by atoms with Gasteiger partial charge in [0.2, 0.25) is 23.6 Å². The van der Waals surface area contributed by atoms with E-state index >= 15 is 0 Å². The molecule has 394 valence electrons. The van der Waals surface area contributed by atoms with Crippen LogP contribution in [-0.4, -0.2) is 101 Å². The number of benzene rings is 4. The number of amides is 4. The first-order valence-corrected chi connectivity index (χ1v) is 30.6. The minimum Gasteiger partial charge on any atom is -0.324 e. The Morgan fingerprint density at radius 2 is 1.05 bits per heavy atom. The molecule has 4 N–H and O–H groups in total. The molecule has 6 aliphatic rings. The smallest absolute Gasteiger partial charge is 0.247 e. The van der Waals surface area contributed by atoms with E-state index in [1.807, 2.05) is 36.0 Å². The van der Waals surface area contributed by atoms with Crippen molar-refractivity contribution in [1.29, 1.82) is 0 Å². The van der Waals surface area contributed by atoms with Crippen molar-refractivity contribution in [3.63, 3.8) is 0 Å². The first kappa shape index (κ1) is 53.4. The van der Waals surface area contributed by atoms with Gasteiger partial charge < -0.3 is 20.4 Å². The summed E-state index contributed by atoms with van der Waals surface area (Å²) in [6, 6.07) is 20.2. The largest absolute Gasteiger partial charge is 0.324 e. The predicted octanol–water partition coefficient (Wildman–Crippen LogP) is 12.2. The lowest BCUT2D eigenvalue weighted by Crippen LogP contribution is -2.49.